The molecule has 0 saturated carbocycles. The molecule has 0 atom stereocenters. The number of anilines is 1. The molecular weight excluding hydrogens is 135 g/mol. The summed E-state index contributed by atoms with van der Waals surface area (Å²) in [5.41, 5.74) is 4.64. The van der Waals surface area contributed by atoms with Crippen molar-refractivity contribution in [2.45, 2.75) is 6.92 Å². The molecule has 0 aliphatic rings. The minimum Gasteiger partial charge on any atom is -0.348 e. The molecule has 3 heteroatoms. The molecule has 3 N–H and O–H groups in total. The Morgan fingerprint density at radius 1 is 1.60 bits per heavy atom. The zero-order chi connectivity index (χ0) is 6.69. The van der Waals surface area contributed by atoms with Crippen LogP contribution in [0.3, 0.4) is 0 Å². The summed E-state index contributed by atoms with van der Waals surface area (Å²) >= 11 is 0. The fourth-order valence-electron chi connectivity index (χ4n) is 0.676. The van der Waals surface area contributed by atoms with Crippen LogP contribution in [0, 0.1) is 13.0 Å². The maximum Gasteiger partial charge on any atom is 1.00 e. The van der Waals surface area contributed by atoms with Crippen molar-refractivity contribution in [3.63, 3.8) is 0 Å². The van der Waals surface area contributed by atoms with E-state index in [4.69, 9.17) is 5.84 Å². The number of hydrazine groups is 1. The molecule has 1 aromatic rings. The fourth-order valence-corrected chi connectivity index (χ4v) is 0.676. The Morgan fingerprint density at radius 3 is 2.70 bits per heavy atom. The Bertz CT molecular complexity index is 201. The van der Waals surface area contributed by atoms with Crippen molar-refractivity contribution < 1.29 is 29.6 Å². The van der Waals surface area contributed by atoms with Gasteiger partial charge in [-0.05, 0) is 0 Å². The van der Waals surface area contributed by atoms with Crippen molar-refractivity contribution in [2.75, 3.05) is 5.43 Å². The number of benzene rings is 1. The van der Waals surface area contributed by atoms with Crippen LogP contribution in [0.2, 0.25) is 0 Å². The van der Waals surface area contributed by atoms with Crippen LogP contribution >= 0.6 is 0 Å². The summed E-state index contributed by atoms with van der Waals surface area (Å²) < 4.78 is 0. The average molecular weight is 144 g/mol. The van der Waals surface area contributed by atoms with Crippen LogP contribution in [0.15, 0.2) is 18.2 Å². The van der Waals surface area contributed by atoms with Crippen LogP contribution in [-0.2, 0) is 0 Å². The minimum absolute atomic E-state index is 0. The van der Waals surface area contributed by atoms with Crippen molar-refractivity contribution in [1.82, 2.24) is 0 Å². The van der Waals surface area contributed by atoms with Gasteiger partial charge in [0.1, 0.15) is 0 Å². The second-order valence-electron chi connectivity index (χ2n) is 1.89. The third kappa shape index (κ3) is 2.31. The van der Waals surface area contributed by atoms with Gasteiger partial charge in [-0.2, -0.15) is 18.2 Å². The Labute approximate surface area is 83.1 Å². The number of nitrogen functional groups attached to an aromatic ring is 1. The van der Waals surface area contributed by atoms with E-state index in [1.165, 1.54) is 0 Å². The Balaban J connectivity index is 0.000000810. The first-order chi connectivity index (χ1) is 4.34. The molecule has 48 valence electrons. The second kappa shape index (κ2) is 4.74. The molecule has 0 saturated heterocycles. The molecule has 0 unspecified atom stereocenters. The van der Waals surface area contributed by atoms with E-state index in [1.807, 2.05) is 25.1 Å². The quantitative estimate of drug-likeness (QED) is 0.209. The zero-order valence-corrected chi connectivity index (χ0v) is 8.31. The third-order valence-corrected chi connectivity index (χ3v) is 1.23. The minimum atomic E-state index is 0. The average Bonchev–Trinajstić information content (AvgIpc) is 1.89. The van der Waals surface area contributed by atoms with Crippen molar-refractivity contribution in [3.8, 4) is 0 Å². The van der Waals surface area contributed by atoms with E-state index >= 15 is 0 Å². The second-order valence-corrected chi connectivity index (χ2v) is 1.89. The van der Waals surface area contributed by atoms with Gasteiger partial charge in [0.05, 0.1) is 0 Å². The first-order valence-corrected chi connectivity index (χ1v) is 2.78. The van der Waals surface area contributed by atoms with Crippen molar-refractivity contribution in [3.05, 3.63) is 29.8 Å². The van der Waals surface area contributed by atoms with Crippen LogP contribution in [-0.4, -0.2) is 0 Å². The Kier molecular flexibility index (Phi) is 4.73. The summed E-state index contributed by atoms with van der Waals surface area (Å²) in [6.45, 7) is 1.98. The maximum absolute atomic E-state index is 5.19. The number of aryl methyl sites for hydroxylation is 1. The smallest absolute Gasteiger partial charge is 0.348 e. The summed E-state index contributed by atoms with van der Waals surface area (Å²) in [6.07, 6.45) is 0. The van der Waals surface area contributed by atoms with Gasteiger partial charge in [0.15, 0.2) is 0 Å². The molecular formula is C7H9N2Na. The molecule has 0 bridgehead atoms. The van der Waals surface area contributed by atoms with Gasteiger partial charge in [0, 0.05) is 0 Å². The van der Waals surface area contributed by atoms with E-state index in [9.17, 15) is 0 Å². The molecule has 2 nitrogen and oxygen atoms in total. The molecule has 0 aliphatic carbocycles. The van der Waals surface area contributed by atoms with Crippen LogP contribution in [0.1, 0.15) is 5.56 Å². The fraction of sp³-hybridized carbons (Fsp3) is 0.143. The third-order valence-electron chi connectivity index (χ3n) is 1.23. The van der Waals surface area contributed by atoms with E-state index in [0.717, 1.165) is 11.3 Å². The van der Waals surface area contributed by atoms with Crippen LogP contribution < -0.4 is 40.8 Å². The van der Waals surface area contributed by atoms with Crippen LogP contribution in [0.5, 0.6) is 0 Å². The number of nitrogens with one attached hydrogen (secondary N) is 1. The number of rotatable bonds is 1. The first-order valence-electron chi connectivity index (χ1n) is 2.78. The predicted molar refractivity (Wildman–Crippen MR) is 37.8 cm³/mol. The summed E-state index contributed by atoms with van der Waals surface area (Å²) in [6, 6.07) is 8.53. The van der Waals surface area contributed by atoms with Crippen molar-refractivity contribution >= 4 is 5.69 Å². The standard InChI is InChI=1S/C7H9N2.Na/c1-6-4-2-3-5-7(6)9-8;/h3-5,9H,8H2,1H3;/q-1;+1. The summed E-state index contributed by atoms with van der Waals surface area (Å²) in [7, 11) is 0. The molecule has 0 fully saturated rings. The normalized spacial score (nSPS) is 8.20. The zero-order valence-electron chi connectivity index (χ0n) is 6.31. The monoisotopic (exact) mass is 144 g/mol. The van der Waals surface area contributed by atoms with Gasteiger partial charge in [-0.25, -0.2) is 0 Å². The summed E-state index contributed by atoms with van der Waals surface area (Å²) in [5, 5.41) is 0. The molecule has 0 heterocycles. The van der Waals surface area contributed by atoms with Crippen LogP contribution in [0.4, 0.5) is 5.69 Å². The van der Waals surface area contributed by atoms with Gasteiger partial charge in [-0.1, -0.05) is 12.6 Å². The number of hydrogen-bond donors (Lipinski definition) is 2. The van der Waals surface area contributed by atoms with Gasteiger partial charge < -0.3 is 5.43 Å². The van der Waals surface area contributed by atoms with E-state index in [1.54, 1.807) is 0 Å². The van der Waals surface area contributed by atoms with E-state index in [0.29, 0.717) is 0 Å². The molecule has 0 aliphatic heterocycles. The van der Waals surface area contributed by atoms with Gasteiger partial charge in [0.2, 0.25) is 0 Å². The van der Waals surface area contributed by atoms with Gasteiger partial charge in [-0.3, -0.25) is 5.84 Å². The molecule has 0 amide bonds. The maximum atomic E-state index is 5.19. The molecule has 10 heavy (non-hydrogen) atoms. The van der Waals surface area contributed by atoms with Crippen molar-refractivity contribution in [1.29, 1.82) is 0 Å². The van der Waals surface area contributed by atoms with Gasteiger partial charge in [-0.15, -0.1) is 11.6 Å². The predicted octanol–water partition coefficient (Wildman–Crippen LogP) is -1.92. The first kappa shape index (κ1) is 9.98. The molecule has 1 aromatic carbocycles. The largest absolute Gasteiger partial charge is 1.00 e. The topological polar surface area (TPSA) is 38.0 Å². The molecule has 1 rings (SSSR count). The molecule has 0 spiro atoms. The molecule has 0 radical (unpaired) electrons. The summed E-state index contributed by atoms with van der Waals surface area (Å²) in [5.74, 6) is 5.19. The SMILES string of the molecule is Cc1c[c-]ccc1NN.[Na+]. The summed E-state index contributed by atoms with van der Waals surface area (Å²) in [4.78, 5) is 0. The Morgan fingerprint density at radius 2 is 2.30 bits per heavy atom. The van der Waals surface area contributed by atoms with E-state index in [-0.39, 0.29) is 29.6 Å². The molecule has 0 aromatic heterocycles. The Hall–Kier alpha value is -0.0200. The van der Waals surface area contributed by atoms with Crippen molar-refractivity contribution in [2.24, 2.45) is 5.84 Å². The van der Waals surface area contributed by atoms with Crippen LogP contribution in [0.25, 0.3) is 0 Å². The van der Waals surface area contributed by atoms with E-state index < -0.39 is 0 Å². The van der Waals surface area contributed by atoms with E-state index in [2.05, 4.69) is 11.5 Å². The number of nitrogens with two attached hydrogens (primary N) is 1. The number of hydrogen-bond acceptors (Lipinski definition) is 2. The van der Waals surface area contributed by atoms with Gasteiger partial charge >= 0.3 is 29.6 Å². The van der Waals surface area contributed by atoms with Gasteiger partial charge in [0.25, 0.3) is 0 Å².